The number of rotatable bonds is 6. The molecule has 0 aliphatic heterocycles. The van der Waals surface area contributed by atoms with E-state index in [1.165, 1.54) is 75.7 Å². The molecule has 0 saturated carbocycles. The van der Waals surface area contributed by atoms with Gasteiger partial charge in [-0.25, -0.2) is 0 Å². The highest BCUT2D eigenvalue weighted by Crippen LogP contribution is 2.34. The molecule has 0 fully saturated rings. The maximum Gasteiger partial charge on any atom is 0.179 e. The molecule has 9 aromatic rings. The fourth-order valence-corrected chi connectivity index (χ4v) is 13.7. The van der Waals surface area contributed by atoms with Crippen molar-refractivity contribution < 1.29 is 0 Å². The molecule has 2 nitrogen and oxygen atoms in total. The van der Waals surface area contributed by atoms with Crippen LogP contribution in [-0.2, 0) is 0 Å². The van der Waals surface area contributed by atoms with Gasteiger partial charge < -0.3 is 9.13 Å². The Labute approximate surface area is 298 Å². The zero-order chi connectivity index (χ0) is 33.8. The molecule has 0 radical (unpaired) electrons. The highest BCUT2D eigenvalue weighted by molar-refractivity contribution is 7.16. The molecular formula is C48H36N2Si. The molecule has 0 unspecified atom stereocenters. The van der Waals surface area contributed by atoms with E-state index in [1.54, 1.807) is 0 Å². The quantitative estimate of drug-likeness (QED) is 0.123. The van der Waals surface area contributed by atoms with Crippen LogP contribution >= 0.6 is 0 Å². The molecule has 1 aliphatic carbocycles. The number of benzene rings is 7. The Hall–Kier alpha value is -6.16. The maximum atomic E-state index is 2.53. The van der Waals surface area contributed by atoms with Crippen molar-refractivity contribution in [1.82, 2.24) is 9.13 Å². The van der Waals surface area contributed by atoms with Crippen LogP contribution in [0.2, 0.25) is 0 Å². The van der Waals surface area contributed by atoms with E-state index in [1.807, 2.05) is 0 Å². The van der Waals surface area contributed by atoms with Gasteiger partial charge in [0.05, 0.1) is 22.1 Å². The summed E-state index contributed by atoms with van der Waals surface area (Å²) in [5.41, 5.74) is 7.30. The predicted molar refractivity (Wildman–Crippen MR) is 219 cm³/mol. The predicted octanol–water partition coefficient (Wildman–Crippen LogP) is 10.2. The van der Waals surface area contributed by atoms with Crippen molar-refractivity contribution in [2.45, 2.75) is 12.8 Å². The van der Waals surface area contributed by atoms with Gasteiger partial charge in [0.1, 0.15) is 0 Å². The van der Waals surface area contributed by atoms with Gasteiger partial charge in [-0.1, -0.05) is 146 Å². The molecule has 7 aromatic carbocycles. The number of hydrogen-bond acceptors (Lipinski definition) is 0. The Morgan fingerprint density at radius 2 is 0.784 bits per heavy atom. The van der Waals surface area contributed by atoms with Crippen molar-refractivity contribution in [2.24, 2.45) is 0 Å². The zero-order valence-electron chi connectivity index (χ0n) is 28.3. The number of hydrogen-bond donors (Lipinski definition) is 0. The van der Waals surface area contributed by atoms with Crippen molar-refractivity contribution in [1.29, 1.82) is 0 Å². The van der Waals surface area contributed by atoms with Crippen LogP contribution in [0.1, 0.15) is 12.8 Å². The molecular weight excluding hydrogens is 633 g/mol. The number of nitrogens with zero attached hydrogens (tertiary/aromatic N) is 2. The summed E-state index contributed by atoms with van der Waals surface area (Å²) in [6, 6.07) is 65.5. The molecule has 2 heterocycles. The topological polar surface area (TPSA) is 9.86 Å². The van der Waals surface area contributed by atoms with E-state index in [4.69, 9.17) is 0 Å². The average molecular weight is 669 g/mol. The van der Waals surface area contributed by atoms with Gasteiger partial charge in [0.25, 0.3) is 0 Å². The molecule has 2 aromatic heterocycles. The van der Waals surface area contributed by atoms with Crippen LogP contribution in [0, 0.1) is 0 Å². The van der Waals surface area contributed by atoms with Crippen molar-refractivity contribution in [3.63, 3.8) is 0 Å². The van der Waals surface area contributed by atoms with Crippen molar-refractivity contribution in [3.05, 3.63) is 199 Å². The van der Waals surface area contributed by atoms with Crippen LogP contribution < -0.4 is 15.6 Å². The molecule has 51 heavy (non-hydrogen) atoms. The van der Waals surface area contributed by atoms with Crippen LogP contribution in [0.5, 0.6) is 0 Å². The molecule has 0 amide bonds. The third kappa shape index (κ3) is 4.55. The van der Waals surface area contributed by atoms with Gasteiger partial charge in [0.15, 0.2) is 8.07 Å². The van der Waals surface area contributed by atoms with Crippen molar-refractivity contribution in [3.8, 4) is 11.4 Å². The van der Waals surface area contributed by atoms with Gasteiger partial charge in [-0.3, -0.25) is 0 Å². The lowest BCUT2D eigenvalue weighted by Gasteiger charge is -2.36. The second kappa shape index (κ2) is 12.0. The van der Waals surface area contributed by atoms with E-state index >= 15 is 0 Å². The number of fused-ring (bicyclic) bond motifs is 6. The minimum Gasteiger partial charge on any atom is -0.309 e. The largest absolute Gasteiger partial charge is 0.309 e. The molecule has 242 valence electrons. The van der Waals surface area contributed by atoms with Crippen molar-refractivity contribution in [2.75, 3.05) is 0 Å². The summed E-state index contributed by atoms with van der Waals surface area (Å²) >= 11 is 0. The van der Waals surface area contributed by atoms with Crippen LogP contribution in [0.4, 0.5) is 0 Å². The standard InChI is InChI=1S/C48H36N2Si/c1-3-19-37(20-4-1)51(38-21-5-2-6-22-38,39-23-15-17-35(33-39)49-45-29-11-7-25-41(45)42-26-8-12-30-46(42)49)40-24-16-18-36(34-40)50-47-31-13-9-27-43(47)44-28-10-14-32-48(44)50/h1,3-5,7-34H,2,6H2. The first kappa shape index (κ1) is 29.7. The molecule has 0 saturated heterocycles. The fourth-order valence-electron chi connectivity index (χ4n) is 8.74. The molecule has 1 aliphatic rings. The maximum absolute atomic E-state index is 2.83. The first-order chi connectivity index (χ1) is 25.3. The summed E-state index contributed by atoms with van der Waals surface area (Å²) in [7, 11) is -2.83. The summed E-state index contributed by atoms with van der Waals surface area (Å²) < 4.78 is 4.91. The first-order valence-electron chi connectivity index (χ1n) is 17.9. The fraction of sp³-hybridized carbons (Fsp3) is 0.0417. The summed E-state index contributed by atoms with van der Waals surface area (Å²) in [5, 5.41) is 10.7. The second-order valence-corrected chi connectivity index (χ2v) is 17.4. The molecule has 0 bridgehead atoms. The van der Waals surface area contributed by atoms with Crippen LogP contribution in [0.15, 0.2) is 199 Å². The van der Waals surface area contributed by atoms with E-state index in [-0.39, 0.29) is 0 Å². The van der Waals surface area contributed by atoms with Gasteiger partial charge in [-0.15, -0.1) is 0 Å². The van der Waals surface area contributed by atoms with Gasteiger partial charge in [-0.2, -0.15) is 0 Å². The van der Waals surface area contributed by atoms with Gasteiger partial charge in [-0.05, 0) is 82.1 Å². The van der Waals surface area contributed by atoms with E-state index in [0.29, 0.717) is 0 Å². The van der Waals surface area contributed by atoms with Gasteiger partial charge in [0, 0.05) is 32.9 Å². The highest BCUT2D eigenvalue weighted by Gasteiger charge is 2.43. The van der Waals surface area contributed by atoms with Crippen LogP contribution in [0.25, 0.3) is 55.0 Å². The third-order valence-corrected chi connectivity index (χ3v) is 15.7. The smallest absolute Gasteiger partial charge is 0.179 e. The SMILES string of the molecule is C1=CC([Si](c2ccccc2)(c2cccc(-n3c4ccccc4c4ccccc43)c2)c2cccc(-n3c4ccccc4c4ccccc43)c2)=CCC1. The van der Waals surface area contributed by atoms with E-state index in [0.717, 1.165) is 12.8 Å². The number of aromatic nitrogens is 2. The molecule has 0 atom stereocenters. The Bertz CT molecular complexity index is 2550. The molecule has 3 heteroatoms. The van der Waals surface area contributed by atoms with Crippen LogP contribution in [-0.4, -0.2) is 17.2 Å². The monoisotopic (exact) mass is 668 g/mol. The molecule has 0 spiro atoms. The summed E-state index contributed by atoms with van der Waals surface area (Å²) in [4.78, 5) is 0. The summed E-state index contributed by atoms with van der Waals surface area (Å²) in [6.45, 7) is 0. The number of allylic oxidation sites excluding steroid dienone is 4. The van der Waals surface area contributed by atoms with Gasteiger partial charge >= 0.3 is 0 Å². The molecule has 0 N–H and O–H groups in total. The highest BCUT2D eigenvalue weighted by atomic mass is 28.3. The second-order valence-electron chi connectivity index (χ2n) is 13.6. The average Bonchev–Trinajstić information content (AvgIpc) is 3.73. The summed E-state index contributed by atoms with van der Waals surface area (Å²) in [5.74, 6) is 0. The normalized spacial score (nSPS) is 13.4. The zero-order valence-corrected chi connectivity index (χ0v) is 29.3. The number of para-hydroxylation sites is 4. The Morgan fingerprint density at radius 1 is 0.373 bits per heavy atom. The minimum atomic E-state index is -2.83. The van der Waals surface area contributed by atoms with Gasteiger partial charge in [0.2, 0.25) is 0 Å². The lowest BCUT2D eigenvalue weighted by atomic mass is 10.2. The van der Waals surface area contributed by atoms with E-state index in [9.17, 15) is 0 Å². The van der Waals surface area contributed by atoms with Crippen molar-refractivity contribution >= 4 is 67.2 Å². The Morgan fingerprint density at radius 3 is 1.22 bits per heavy atom. The Balaban J connectivity index is 1.28. The van der Waals surface area contributed by atoms with E-state index in [2.05, 4.69) is 203 Å². The van der Waals surface area contributed by atoms with E-state index < -0.39 is 8.07 Å². The third-order valence-electron chi connectivity index (χ3n) is 10.9. The summed E-state index contributed by atoms with van der Waals surface area (Å²) in [6.07, 6.45) is 9.47. The molecule has 10 rings (SSSR count). The van der Waals surface area contributed by atoms with Crippen LogP contribution in [0.3, 0.4) is 0 Å². The lowest BCUT2D eigenvalue weighted by Crippen LogP contribution is -2.68. The lowest BCUT2D eigenvalue weighted by molar-refractivity contribution is 1.03. The Kier molecular flexibility index (Phi) is 7.00. The first-order valence-corrected chi connectivity index (χ1v) is 19.9. The minimum absolute atomic E-state index is 1.05.